The van der Waals surface area contributed by atoms with Crippen LogP contribution < -0.4 is 16.0 Å². The average Bonchev–Trinajstić information content (AvgIpc) is 3.04. The molecule has 0 aliphatic rings. The Morgan fingerprint density at radius 3 is 2.20 bits per heavy atom. The lowest BCUT2D eigenvalue weighted by molar-refractivity contribution is -0.114. The lowest BCUT2D eigenvalue weighted by atomic mass is 10.1. The molecule has 0 unspecified atom stereocenters. The summed E-state index contributed by atoms with van der Waals surface area (Å²) in [5.74, 6) is -1.48. The van der Waals surface area contributed by atoms with Crippen LogP contribution in [0, 0.1) is 19.7 Å². The first kappa shape index (κ1) is 21.2. The number of hydrogen-bond acceptors (Lipinski definition) is 4. The van der Waals surface area contributed by atoms with Crippen molar-refractivity contribution in [2.45, 2.75) is 20.8 Å². The Bertz CT molecular complexity index is 1140. The maximum absolute atomic E-state index is 13.3. The van der Waals surface area contributed by atoms with E-state index in [1.807, 2.05) is 0 Å². The minimum Gasteiger partial charge on any atom is -0.326 e. The van der Waals surface area contributed by atoms with E-state index in [-0.39, 0.29) is 17.4 Å². The molecule has 3 aromatic rings. The van der Waals surface area contributed by atoms with Crippen molar-refractivity contribution in [1.29, 1.82) is 0 Å². The SMILES string of the molecule is CC(=O)Nc1cccc(NC(=O)c2sc(NC(=O)c3cccc(F)c3)cc2C)c1C. The molecule has 1 heterocycles. The van der Waals surface area contributed by atoms with E-state index in [9.17, 15) is 18.8 Å². The van der Waals surface area contributed by atoms with E-state index in [1.54, 1.807) is 38.1 Å². The van der Waals surface area contributed by atoms with E-state index >= 15 is 0 Å². The number of benzene rings is 2. The number of aryl methyl sites for hydroxylation is 1. The summed E-state index contributed by atoms with van der Waals surface area (Å²) in [7, 11) is 0. The van der Waals surface area contributed by atoms with Gasteiger partial charge in [0, 0.05) is 23.9 Å². The highest BCUT2D eigenvalue weighted by atomic mass is 32.1. The molecule has 0 saturated carbocycles. The van der Waals surface area contributed by atoms with Crippen molar-refractivity contribution in [3.8, 4) is 0 Å². The summed E-state index contributed by atoms with van der Waals surface area (Å²) in [6.07, 6.45) is 0. The van der Waals surface area contributed by atoms with E-state index in [0.29, 0.717) is 26.8 Å². The zero-order valence-corrected chi connectivity index (χ0v) is 17.4. The van der Waals surface area contributed by atoms with Crippen LogP contribution >= 0.6 is 11.3 Å². The average molecular weight is 425 g/mol. The Morgan fingerprint density at radius 1 is 0.867 bits per heavy atom. The third kappa shape index (κ3) is 4.90. The highest BCUT2D eigenvalue weighted by molar-refractivity contribution is 7.18. The molecule has 0 spiro atoms. The smallest absolute Gasteiger partial charge is 0.266 e. The van der Waals surface area contributed by atoms with Crippen LogP contribution in [0.5, 0.6) is 0 Å². The molecule has 0 radical (unpaired) electrons. The van der Waals surface area contributed by atoms with Gasteiger partial charge in [-0.05, 0) is 61.4 Å². The first-order valence-corrected chi connectivity index (χ1v) is 9.92. The maximum atomic E-state index is 13.3. The molecule has 0 fully saturated rings. The van der Waals surface area contributed by atoms with Crippen molar-refractivity contribution in [3.63, 3.8) is 0 Å². The van der Waals surface area contributed by atoms with Crippen molar-refractivity contribution in [2.75, 3.05) is 16.0 Å². The van der Waals surface area contributed by atoms with Gasteiger partial charge in [-0.1, -0.05) is 12.1 Å². The van der Waals surface area contributed by atoms with Crippen LogP contribution in [-0.4, -0.2) is 17.7 Å². The standard InChI is InChI=1S/C22H20FN3O3S/c1-12-10-19(26-21(28)15-6-4-7-16(23)11-15)30-20(12)22(29)25-18-9-5-8-17(13(18)2)24-14(3)27/h4-11H,1-3H3,(H,24,27)(H,25,29)(H,26,28). The van der Waals surface area contributed by atoms with Crippen LogP contribution in [0.4, 0.5) is 20.8 Å². The van der Waals surface area contributed by atoms with Gasteiger partial charge in [-0.2, -0.15) is 0 Å². The summed E-state index contributed by atoms with van der Waals surface area (Å²) in [5.41, 5.74) is 2.81. The topological polar surface area (TPSA) is 87.3 Å². The first-order chi connectivity index (χ1) is 14.2. The lowest BCUT2D eigenvalue weighted by Crippen LogP contribution is -2.14. The van der Waals surface area contributed by atoms with E-state index in [4.69, 9.17) is 0 Å². The molecule has 6 nitrogen and oxygen atoms in total. The number of nitrogens with one attached hydrogen (secondary N) is 3. The zero-order chi connectivity index (χ0) is 21.8. The molecule has 0 aliphatic carbocycles. The lowest BCUT2D eigenvalue weighted by Gasteiger charge is -2.12. The molecular weight excluding hydrogens is 405 g/mol. The molecule has 0 bridgehead atoms. The molecule has 3 N–H and O–H groups in total. The fraction of sp³-hybridized carbons (Fsp3) is 0.136. The van der Waals surface area contributed by atoms with Gasteiger partial charge >= 0.3 is 0 Å². The molecule has 154 valence electrons. The van der Waals surface area contributed by atoms with Crippen molar-refractivity contribution in [3.05, 3.63) is 75.9 Å². The molecule has 2 aromatic carbocycles. The Labute approximate surface area is 177 Å². The number of carbonyl (C=O) groups is 3. The minimum atomic E-state index is -0.498. The number of carbonyl (C=O) groups excluding carboxylic acids is 3. The van der Waals surface area contributed by atoms with Gasteiger partial charge in [-0.25, -0.2) is 4.39 Å². The van der Waals surface area contributed by atoms with Crippen LogP contribution in [0.25, 0.3) is 0 Å². The third-order valence-electron chi connectivity index (χ3n) is 4.34. The molecule has 30 heavy (non-hydrogen) atoms. The van der Waals surface area contributed by atoms with Gasteiger partial charge in [0.1, 0.15) is 5.82 Å². The first-order valence-electron chi connectivity index (χ1n) is 9.10. The fourth-order valence-electron chi connectivity index (χ4n) is 2.86. The van der Waals surface area contributed by atoms with Crippen LogP contribution in [0.15, 0.2) is 48.5 Å². The maximum Gasteiger partial charge on any atom is 0.266 e. The summed E-state index contributed by atoms with van der Waals surface area (Å²) in [6.45, 7) is 4.98. The van der Waals surface area contributed by atoms with Gasteiger partial charge in [0.05, 0.1) is 9.88 Å². The summed E-state index contributed by atoms with van der Waals surface area (Å²) in [4.78, 5) is 36.9. The second-order valence-electron chi connectivity index (χ2n) is 6.70. The Hall–Kier alpha value is -3.52. The molecule has 3 amide bonds. The van der Waals surface area contributed by atoms with Gasteiger partial charge < -0.3 is 16.0 Å². The zero-order valence-electron chi connectivity index (χ0n) is 16.6. The van der Waals surface area contributed by atoms with Crippen molar-refractivity contribution in [1.82, 2.24) is 0 Å². The van der Waals surface area contributed by atoms with Gasteiger partial charge in [0.25, 0.3) is 11.8 Å². The highest BCUT2D eigenvalue weighted by Gasteiger charge is 2.17. The molecule has 0 atom stereocenters. The van der Waals surface area contributed by atoms with Crippen molar-refractivity contribution < 1.29 is 18.8 Å². The predicted molar refractivity (Wildman–Crippen MR) is 117 cm³/mol. The predicted octanol–water partition coefficient (Wildman–Crippen LogP) is 4.97. The third-order valence-corrected chi connectivity index (χ3v) is 5.49. The fourth-order valence-corrected chi connectivity index (χ4v) is 3.82. The molecule has 0 saturated heterocycles. The Balaban J connectivity index is 1.76. The highest BCUT2D eigenvalue weighted by Crippen LogP contribution is 2.29. The number of rotatable bonds is 5. The van der Waals surface area contributed by atoms with E-state index < -0.39 is 11.7 Å². The van der Waals surface area contributed by atoms with Gasteiger partial charge in [-0.3, -0.25) is 14.4 Å². The van der Waals surface area contributed by atoms with Gasteiger partial charge in [0.15, 0.2) is 0 Å². The number of thiophene rings is 1. The largest absolute Gasteiger partial charge is 0.326 e. The quantitative estimate of drug-likeness (QED) is 0.540. The van der Waals surface area contributed by atoms with Crippen LogP contribution in [0.3, 0.4) is 0 Å². The summed E-state index contributed by atoms with van der Waals surface area (Å²) >= 11 is 1.13. The molecule has 0 aliphatic heterocycles. The van der Waals surface area contributed by atoms with Crippen molar-refractivity contribution in [2.24, 2.45) is 0 Å². The summed E-state index contributed by atoms with van der Waals surface area (Å²) < 4.78 is 13.3. The molecule has 3 rings (SSSR count). The number of hydrogen-bond donors (Lipinski definition) is 3. The van der Waals surface area contributed by atoms with Crippen LogP contribution in [0.1, 0.15) is 38.1 Å². The molecule has 1 aromatic heterocycles. The Morgan fingerprint density at radius 2 is 1.53 bits per heavy atom. The van der Waals surface area contributed by atoms with Crippen molar-refractivity contribution >= 4 is 45.4 Å². The van der Waals surface area contributed by atoms with Gasteiger partial charge in [0.2, 0.25) is 5.91 Å². The second kappa shape index (κ2) is 8.87. The summed E-state index contributed by atoms with van der Waals surface area (Å²) in [6, 6.07) is 12.3. The van der Waals surface area contributed by atoms with Crippen LogP contribution in [0.2, 0.25) is 0 Å². The van der Waals surface area contributed by atoms with E-state index in [0.717, 1.165) is 23.0 Å². The minimum absolute atomic E-state index is 0.192. The monoisotopic (exact) mass is 425 g/mol. The number of halogens is 1. The molecule has 8 heteroatoms. The number of amides is 3. The molecular formula is C22H20FN3O3S. The normalized spacial score (nSPS) is 10.4. The number of anilines is 3. The van der Waals surface area contributed by atoms with Crippen LogP contribution in [-0.2, 0) is 4.79 Å². The van der Waals surface area contributed by atoms with E-state index in [1.165, 1.54) is 25.1 Å². The summed E-state index contributed by atoms with van der Waals surface area (Å²) in [5, 5.41) is 8.74. The van der Waals surface area contributed by atoms with Gasteiger partial charge in [-0.15, -0.1) is 11.3 Å². The Kier molecular flexibility index (Phi) is 6.27. The van der Waals surface area contributed by atoms with E-state index in [2.05, 4.69) is 16.0 Å². The second-order valence-corrected chi connectivity index (χ2v) is 7.75.